The highest BCUT2D eigenvalue weighted by Gasteiger charge is 2.15. The monoisotopic (exact) mass is 227 g/mol. The molecule has 0 bridgehead atoms. The lowest BCUT2D eigenvalue weighted by molar-refractivity contribution is -0.141. The van der Waals surface area contributed by atoms with Gasteiger partial charge in [-0.25, -0.2) is 0 Å². The Morgan fingerprint density at radius 2 is 1.94 bits per heavy atom. The maximum atomic E-state index is 11.5. The Kier molecular flexibility index (Phi) is 5.90. The van der Waals surface area contributed by atoms with Crippen molar-refractivity contribution in [1.29, 1.82) is 0 Å². The largest absolute Gasteiger partial charge is 0.466 e. The number of hydrogen-bond donors (Lipinski definition) is 1. The van der Waals surface area contributed by atoms with Gasteiger partial charge in [0.2, 0.25) is 5.91 Å². The minimum atomic E-state index is -0.285. The minimum Gasteiger partial charge on any atom is -0.466 e. The SMILES string of the molecule is CC(=O)OCCCC(=O)NC1CCCCC1. The molecule has 0 aromatic heterocycles. The first kappa shape index (κ1) is 13.0. The smallest absolute Gasteiger partial charge is 0.302 e. The van der Waals surface area contributed by atoms with Crippen molar-refractivity contribution in [3.63, 3.8) is 0 Å². The van der Waals surface area contributed by atoms with Crippen molar-refractivity contribution in [3.05, 3.63) is 0 Å². The van der Waals surface area contributed by atoms with Gasteiger partial charge in [0.05, 0.1) is 6.61 Å². The van der Waals surface area contributed by atoms with Crippen LogP contribution in [0.2, 0.25) is 0 Å². The van der Waals surface area contributed by atoms with E-state index in [2.05, 4.69) is 5.32 Å². The first-order valence-corrected chi connectivity index (χ1v) is 6.11. The number of nitrogens with one attached hydrogen (secondary N) is 1. The number of hydrogen-bond acceptors (Lipinski definition) is 3. The van der Waals surface area contributed by atoms with Crippen LogP contribution in [0.25, 0.3) is 0 Å². The summed E-state index contributed by atoms with van der Waals surface area (Å²) in [7, 11) is 0. The van der Waals surface area contributed by atoms with Crippen molar-refractivity contribution >= 4 is 11.9 Å². The fourth-order valence-electron chi connectivity index (χ4n) is 2.00. The average molecular weight is 227 g/mol. The summed E-state index contributed by atoms with van der Waals surface area (Å²) in [5, 5.41) is 3.03. The zero-order valence-corrected chi connectivity index (χ0v) is 9.96. The van der Waals surface area contributed by atoms with Crippen molar-refractivity contribution in [1.82, 2.24) is 5.32 Å². The third kappa shape index (κ3) is 5.73. The second-order valence-corrected chi connectivity index (χ2v) is 4.35. The van der Waals surface area contributed by atoms with Crippen molar-refractivity contribution in [3.8, 4) is 0 Å². The number of carbonyl (C=O) groups is 2. The Bertz CT molecular complexity index is 234. The Balaban J connectivity index is 2.03. The van der Waals surface area contributed by atoms with E-state index >= 15 is 0 Å². The summed E-state index contributed by atoms with van der Waals surface area (Å²) in [5.74, 6) is -0.202. The molecule has 1 rings (SSSR count). The van der Waals surface area contributed by atoms with Gasteiger partial charge in [-0.2, -0.15) is 0 Å². The van der Waals surface area contributed by atoms with E-state index in [0.717, 1.165) is 12.8 Å². The van der Waals surface area contributed by atoms with Gasteiger partial charge in [0.15, 0.2) is 0 Å². The second-order valence-electron chi connectivity index (χ2n) is 4.35. The highest BCUT2D eigenvalue weighted by atomic mass is 16.5. The molecule has 1 saturated carbocycles. The predicted octanol–water partition coefficient (Wildman–Crippen LogP) is 1.78. The Morgan fingerprint density at radius 1 is 1.25 bits per heavy atom. The lowest BCUT2D eigenvalue weighted by atomic mass is 9.95. The summed E-state index contributed by atoms with van der Waals surface area (Å²) < 4.78 is 4.76. The van der Waals surface area contributed by atoms with E-state index in [1.54, 1.807) is 0 Å². The van der Waals surface area contributed by atoms with Crippen LogP contribution in [0.15, 0.2) is 0 Å². The molecule has 0 spiro atoms. The number of amides is 1. The Hall–Kier alpha value is -1.06. The molecule has 1 aliphatic rings. The molecule has 0 saturated heterocycles. The first-order chi connectivity index (χ1) is 7.68. The fraction of sp³-hybridized carbons (Fsp3) is 0.833. The zero-order valence-electron chi connectivity index (χ0n) is 9.96. The molecular formula is C12H21NO3. The Labute approximate surface area is 96.7 Å². The van der Waals surface area contributed by atoms with Crippen LogP contribution in [0.3, 0.4) is 0 Å². The molecule has 16 heavy (non-hydrogen) atoms. The highest BCUT2D eigenvalue weighted by Crippen LogP contribution is 2.17. The Morgan fingerprint density at radius 3 is 2.56 bits per heavy atom. The summed E-state index contributed by atoms with van der Waals surface area (Å²) in [6.07, 6.45) is 7.00. The molecule has 0 aromatic rings. The van der Waals surface area contributed by atoms with E-state index in [-0.39, 0.29) is 11.9 Å². The van der Waals surface area contributed by atoms with E-state index < -0.39 is 0 Å². The number of rotatable bonds is 5. The van der Waals surface area contributed by atoms with Crippen LogP contribution in [0.1, 0.15) is 51.9 Å². The summed E-state index contributed by atoms with van der Waals surface area (Å²) in [4.78, 5) is 22.0. The standard InChI is InChI=1S/C12H21NO3/c1-10(14)16-9-5-8-12(15)13-11-6-3-2-4-7-11/h11H,2-9H2,1H3,(H,13,15). The maximum absolute atomic E-state index is 11.5. The van der Waals surface area contributed by atoms with E-state index in [0.29, 0.717) is 25.5 Å². The molecule has 0 atom stereocenters. The quantitative estimate of drug-likeness (QED) is 0.575. The molecule has 1 amide bonds. The van der Waals surface area contributed by atoms with E-state index in [9.17, 15) is 9.59 Å². The van der Waals surface area contributed by atoms with Crippen LogP contribution in [0.5, 0.6) is 0 Å². The fourth-order valence-corrected chi connectivity index (χ4v) is 2.00. The van der Waals surface area contributed by atoms with Crippen molar-refractivity contribution < 1.29 is 14.3 Å². The summed E-state index contributed by atoms with van der Waals surface area (Å²) in [6, 6.07) is 0.370. The zero-order chi connectivity index (χ0) is 11.8. The number of esters is 1. The van der Waals surface area contributed by atoms with Gasteiger partial charge in [-0.05, 0) is 19.3 Å². The molecule has 0 aliphatic heterocycles. The second kappa shape index (κ2) is 7.25. The van der Waals surface area contributed by atoms with Gasteiger partial charge >= 0.3 is 5.97 Å². The first-order valence-electron chi connectivity index (χ1n) is 6.11. The van der Waals surface area contributed by atoms with Crippen molar-refractivity contribution in [2.24, 2.45) is 0 Å². The van der Waals surface area contributed by atoms with E-state index in [1.165, 1.54) is 26.2 Å². The van der Waals surface area contributed by atoms with Crippen LogP contribution in [0, 0.1) is 0 Å². The van der Waals surface area contributed by atoms with Crippen LogP contribution < -0.4 is 5.32 Å². The third-order valence-corrected chi connectivity index (χ3v) is 2.82. The number of ether oxygens (including phenoxy) is 1. The molecule has 1 fully saturated rings. The molecule has 0 unspecified atom stereocenters. The van der Waals surface area contributed by atoms with Crippen LogP contribution >= 0.6 is 0 Å². The highest BCUT2D eigenvalue weighted by molar-refractivity contribution is 5.76. The van der Waals surface area contributed by atoms with Crippen molar-refractivity contribution in [2.75, 3.05) is 6.61 Å². The molecule has 4 nitrogen and oxygen atoms in total. The van der Waals surface area contributed by atoms with Gasteiger partial charge in [0, 0.05) is 19.4 Å². The van der Waals surface area contributed by atoms with Gasteiger partial charge in [0.1, 0.15) is 0 Å². The van der Waals surface area contributed by atoms with Crippen molar-refractivity contribution in [2.45, 2.75) is 57.9 Å². The lowest BCUT2D eigenvalue weighted by Crippen LogP contribution is -2.36. The summed E-state index contributed by atoms with van der Waals surface area (Å²) in [5.41, 5.74) is 0. The molecule has 4 heteroatoms. The van der Waals surface area contributed by atoms with Crippen LogP contribution in [-0.4, -0.2) is 24.5 Å². The number of carbonyl (C=O) groups excluding carboxylic acids is 2. The molecular weight excluding hydrogens is 206 g/mol. The average Bonchev–Trinajstić information content (AvgIpc) is 2.25. The van der Waals surface area contributed by atoms with Gasteiger partial charge in [0.25, 0.3) is 0 Å². The van der Waals surface area contributed by atoms with Gasteiger partial charge < -0.3 is 10.1 Å². The summed E-state index contributed by atoms with van der Waals surface area (Å²) in [6.45, 7) is 1.72. The normalized spacial score (nSPS) is 16.8. The molecule has 0 heterocycles. The third-order valence-electron chi connectivity index (χ3n) is 2.82. The van der Waals surface area contributed by atoms with Gasteiger partial charge in [-0.1, -0.05) is 19.3 Å². The maximum Gasteiger partial charge on any atom is 0.302 e. The summed E-state index contributed by atoms with van der Waals surface area (Å²) >= 11 is 0. The van der Waals surface area contributed by atoms with Crippen LogP contribution in [-0.2, 0) is 14.3 Å². The van der Waals surface area contributed by atoms with Gasteiger partial charge in [-0.3, -0.25) is 9.59 Å². The molecule has 0 aromatic carbocycles. The van der Waals surface area contributed by atoms with E-state index in [1.807, 2.05) is 0 Å². The topological polar surface area (TPSA) is 55.4 Å². The predicted molar refractivity (Wildman–Crippen MR) is 60.9 cm³/mol. The lowest BCUT2D eigenvalue weighted by Gasteiger charge is -2.22. The minimum absolute atomic E-state index is 0.0825. The molecule has 1 N–H and O–H groups in total. The van der Waals surface area contributed by atoms with Crippen LogP contribution in [0.4, 0.5) is 0 Å². The molecule has 0 radical (unpaired) electrons. The van der Waals surface area contributed by atoms with Gasteiger partial charge in [-0.15, -0.1) is 0 Å². The van der Waals surface area contributed by atoms with E-state index in [4.69, 9.17) is 4.74 Å². The molecule has 1 aliphatic carbocycles. The molecule has 92 valence electrons.